The number of hydrogen-bond acceptors (Lipinski definition) is 9. The Bertz CT molecular complexity index is 1470. The predicted octanol–water partition coefficient (Wildman–Crippen LogP) is 3.96. The van der Waals surface area contributed by atoms with Crippen LogP contribution in [0.1, 0.15) is 51.4 Å². The minimum Gasteiger partial charge on any atom is -0.384 e. The third-order valence-electron chi connectivity index (χ3n) is 6.77. The molecule has 4 heterocycles. The number of rotatable bonds is 8. The van der Waals surface area contributed by atoms with E-state index in [4.69, 9.17) is 10.7 Å². The summed E-state index contributed by atoms with van der Waals surface area (Å²) in [5, 5.41) is -0.327. The van der Waals surface area contributed by atoms with E-state index in [1.54, 1.807) is 18.3 Å². The molecule has 1 saturated heterocycles. The number of hydrogen-bond donors (Lipinski definition) is 2. The lowest BCUT2D eigenvalue weighted by molar-refractivity contribution is 0.0981. The molecule has 0 saturated carbocycles. The number of sulfonamides is 1. The molecule has 1 amide bonds. The van der Waals surface area contributed by atoms with Gasteiger partial charge < -0.3 is 15.5 Å². The van der Waals surface area contributed by atoms with E-state index < -0.39 is 15.9 Å². The molecular formula is C28H37N7O3S. The van der Waals surface area contributed by atoms with Crippen LogP contribution in [0.25, 0.3) is 11.3 Å². The Morgan fingerprint density at radius 3 is 2.59 bits per heavy atom. The van der Waals surface area contributed by atoms with Gasteiger partial charge in [-0.15, -0.1) is 0 Å². The maximum atomic E-state index is 13.4. The van der Waals surface area contributed by atoms with Crippen molar-refractivity contribution in [2.75, 3.05) is 35.7 Å². The van der Waals surface area contributed by atoms with E-state index in [1.807, 2.05) is 19.2 Å². The molecule has 1 aliphatic heterocycles. The van der Waals surface area contributed by atoms with E-state index in [-0.39, 0.29) is 21.9 Å². The van der Waals surface area contributed by atoms with E-state index in [2.05, 4.69) is 59.1 Å². The van der Waals surface area contributed by atoms with Gasteiger partial charge in [-0.3, -0.25) is 4.79 Å². The first-order valence-corrected chi connectivity index (χ1v) is 14.5. The minimum atomic E-state index is -4.25. The van der Waals surface area contributed by atoms with Crippen LogP contribution in [0.2, 0.25) is 0 Å². The molecule has 3 aromatic heterocycles. The SMILES string of the molecule is CC(C)CN(C)c1cc(-c2ccc(C(=O)NS(=O)(=O)c3cccc(N)n3)c(N3CC(C)CC3(C)C)n2)ccn1. The Morgan fingerprint density at radius 2 is 1.95 bits per heavy atom. The van der Waals surface area contributed by atoms with Crippen LogP contribution >= 0.6 is 0 Å². The second-order valence-corrected chi connectivity index (χ2v) is 12.9. The monoisotopic (exact) mass is 551 g/mol. The number of pyridine rings is 3. The highest BCUT2D eigenvalue weighted by Crippen LogP contribution is 2.38. The Kier molecular flexibility index (Phi) is 7.83. The highest BCUT2D eigenvalue weighted by Gasteiger charge is 2.39. The molecule has 39 heavy (non-hydrogen) atoms. The Morgan fingerprint density at radius 1 is 1.21 bits per heavy atom. The third-order valence-corrected chi connectivity index (χ3v) is 8.00. The number of carbonyl (C=O) groups excluding carboxylic acids is 1. The van der Waals surface area contributed by atoms with Crippen LogP contribution in [-0.4, -0.2) is 55.0 Å². The molecule has 208 valence electrons. The minimum absolute atomic E-state index is 0.0422. The highest BCUT2D eigenvalue weighted by atomic mass is 32.2. The molecule has 0 bridgehead atoms. The molecule has 0 aromatic carbocycles. The molecule has 0 spiro atoms. The van der Waals surface area contributed by atoms with E-state index >= 15 is 0 Å². The van der Waals surface area contributed by atoms with E-state index in [0.29, 0.717) is 29.9 Å². The Labute approximate surface area is 230 Å². The molecule has 1 atom stereocenters. The van der Waals surface area contributed by atoms with Crippen molar-refractivity contribution < 1.29 is 13.2 Å². The quantitative estimate of drug-likeness (QED) is 0.427. The average molecular weight is 552 g/mol. The van der Waals surface area contributed by atoms with Gasteiger partial charge in [-0.25, -0.2) is 19.7 Å². The van der Waals surface area contributed by atoms with Crippen molar-refractivity contribution >= 4 is 33.4 Å². The smallest absolute Gasteiger partial charge is 0.281 e. The summed E-state index contributed by atoms with van der Waals surface area (Å²) < 4.78 is 28.1. The van der Waals surface area contributed by atoms with Gasteiger partial charge in [0.05, 0.1) is 11.3 Å². The van der Waals surface area contributed by atoms with Gasteiger partial charge in [0.25, 0.3) is 15.9 Å². The zero-order valence-electron chi connectivity index (χ0n) is 23.3. The molecule has 3 N–H and O–H groups in total. The number of aromatic nitrogens is 3. The zero-order valence-corrected chi connectivity index (χ0v) is 24.2. The summed E-state index contributed by atoms with van der Waals surface area (Å²) in [4.78, 5) is 31.0. The van der Waals surface area contributed by atoms with Crippen molar-refractivity contribution in [3.8, 4) is 11.3 Å². The molecular weight excluding hydrogens is 514 g/mol. The number of anilines is 3. The topological polar surface area (TPSA) is 134 Å². The molecule has 10 nitrogen and oxygen atoms in total. The molecule has 0 radical (unpaired) electrons. The fraction of sp³-hybridized carbons (Fsp3) is 0.429. The van der Waals surface area contributed by atoms with Gasteiger partial charge in [0.2, 0.25) is 0 Å². The van der Waals surface area contributed by atoms with Gasteiger partial charge in [0.15, 0.2) is 5.03 Å². The first-order valence-electron chi connectivity index (χ1n) is 13.0. The van der Waals surface area contributed by atoms with Gasteiger partial charge in [-0.1, -0.05) is 26.8 Å². The van der Waals surface area contributed by atoms with Crippen LogP contribution in [0.4, 0.5) is 17.5 Å². The summed E-state index contributed by atoms with van der Waals surface area (Å²) in [6, 6.07) is 11.5. The van der Waals surface area contributed by atoms with Crippen molar-refractivity contribution in [3.05, 3.63) is 54.2 Å². The first kappa shape index (κ1) is 28.3. The fourth-order valence-corrected chi connectivity index (χ4v) is 6.13. The highest BCUT2D eigenvalue weighted by molar-refractivity contribution is 7.90. The number of nitrogens with one attached hydrogen (secondary N) is 1. The van der Waals surface area contributed by atoms with Crippen molar-refractivity contribution in [2.24, 2.45) is 11.8 Å². The van der Waals surface area contributed by atoms with Crippen molar-refractivity contribution in [1.29, 1.82) is 0 Å². The van der Waals surface area contributed by atoms with E-state index in [1.165, 1.54) is 18.2 Å². The first-order chi connectivity index (χ1) is 18.3. The van der Waals surface area contributed by atoms with Crippen LogP contribution in [0.5, 0.6) is 0 Å². The van der Waals surface area contributed by atoms with Crippen LogP contribution in [0.15, 0.2) is 53.7 Å². The van der Waals surface area contributed by atoms with E-state index in [9.17, 15) is 13.2 Å². The number of carbonyl (C=O) groups is 1. The summed E-state index contributed by atoms with van der Waals surface area (Å²) in [5.41, 5.74) is 7.06. The summed E-state index contributed by atoms with van der Waals surface area (Å²) in [5.74, 6) is 1.36. The van der Waals surface area contributed by atoms with Gasteiger partial charge in [-0.05, 0) is 68.5 Å². The molecule has 1 aliphatic rings. The number of amides is 1. The fourth-order valence-electron chi connectivity index (χ4n) is 5.19. The maximum absolute atomic E-state index is 13.4. The molecule has 1 unspecified atom stereocenters. The third kappa shape index (κ3) is 6.30. The lowest BCUT2D eigenvalue weighted by atomic mass is 9.97. The lowest BCUT2D eigenvalue weighted by Crippen LogP contribution is -2.41. The van der Waals surface area contributed by atoms with E-state index in [0.717, 1.165) is 24.3 Å². The maximum Gasteiger partial charge on any atom is 0.281 e. The summed E-state index contributed by atoms with van der Waals surface area (Å²) >= 11 is 0. The summed E-state index contributed by atoms with van der Waals surface area (Å²) in [7, 11) is -2.25. The van der Waals surface area contributed by atoms with Crippen molar-refractivity contribution in [2.45, 2.75) is 51.6 Å². The average Bonchev–Trinajstić information content (AvgIpc) is 3.14. The van der Waals surface area contributed by atoms with Crippen LogP contribution < -0.4 is 20.3 Å². The normalized spacial score (nSPS) is 16.9. The van der Waals surface area contributed by atoms with Crippen LogP contribution in [-0.2, 0) is 10.0 Å². The van der Waals surface area contributed by atoms with Crippen molar-refractivity contribution in [3.63, 3.8) is 0 Å². The lowest BCUT2D eigenvalue weighted by Gasteiger charge is -2.34. The van der Waals surface area contributed by atoms with Gasteiger partial charge in [0, 0.05) is 37.4 Å². The molecule has 3 aromatic rings. The van der Waals surface area contributed by atoms with Gasteiger partial charge >= 0.3 is 0 Å². The molecule has 11 heteroatoms. The van der Waals surface area contributed by atoms with Gasteiger partial charge in [0.1, 0.15) is 17.5 Å². The molecule has 0 aliphatic carbocycles. The van der Waals surface area contributed by atoms with Gasteiger partial charge in [-0.2, -0.15) is 8.42 Å². The van der Waals surface area contributed by atoms with Crippen LogP contribution in [0, 0.1) is 11.8 Å². The second-order valence-electron chi connectivity index (χ2n) is 11.3. The predicted molar refractivity (Wildman–Crippen MR) is 154 cm³/mol. The number of nitrogens with zero attached hydrogens (tertiary/aromatic N) is 5. The number of nitrogens with two attached hydrogens (primary N) is 1. The Balaban J connectivity index is 1.75. The molecule has 1 fully saturated rings. The number of nitrogen functional groups attached to an aromatic ring is 1. The summed E-state index contributed by atoms with van der Waals surface area (Å²) in [6.07, 6.45) is 2.65. The second kappa shape index (κ2) is 10.8. The largest absolute Gasteiger partial charge is 0.384 e. The standard InChI is InChI=1S/C28H37N7O3S/c1-18(2)16-34(6)24-14-20(12-13-30-24)22-11-10-21(26(31-22)35-17-19(3)15-28(35,4)5)27(36)33-39(37,38)25-9-7-8-23(29)32-25/h7-14,18-19H,15-17H2,1-6H3,(H2,29,32)(H,33,36). The Hall–Kier alpha value is -3.73. The van der Waals surface area contributed by atoms with Crippen LogP contribution in [0.3, 0.4) is 0 Å². The zero-order chi connectivity index (χ0) is 28.5. The summed E-state index contributed by atoms with van der Waals surface area (Å²) in [6.45, 7) is 12.2. The molecule has 4 rings (SSSR count). The van der Waals surface area contributed by atoms with Crippen molar-refractivity contribution in [1.82, 2.24) is 19.7 Å².